The van der Waals surface area contributed by atoms with E-state index in [-0.39, 0.29) is 29.5 Å². The molecular formula is C18H25IN4O. The molecule has 2 N–H and O–H groups in total. The highest BCUT2D eigenvalue weighted by Gasteiger charge is 2.02. The summed E-state index contributed by atoms with van der Waals surface area (Å²) in [6.45, 7) is 6.98. The summed E-state index contributed by atoms with van der Waals surface area (Å²) in [5.41, 5.74) is 8.17. The molecule has 0 aliphatic rings. The van der Waals surface area contributed by atoms with Crippen molar-refractivity contribution < 1.29 is 0 Å². The summed E-state index contributed by atoms with van der Waals surface area (Å²) < 4.78 is 1.69. The Morgan fingerprint density at radius 2 is 1.71 bits per heavy atom. The van der Waals surface area contributed by atoms with Crippen molar-refractivity contribution in [1.82, 2.24) is 9.47 Å². The number of pyridine rings is 1. The molecule has 0 saturated heterocycles. The van der Waals surface area contributed by atoms with E-state index in [1.165, 1.54) is 0 Å². The van der Waals surface area contributed by atoms with Crippen molar-refractivity contribution in [2.24, 2.45) is 10.7 Å². The maximum atomic E-state index is 11.7. The second-order valence-electron chi connectivity index (χ2n) is 5.33. The number of aromatic nitrogens is 1. The molecule has 0 amide bonds. The van der Waals surface area contributed by atoms with Gasteiger partial charge in [-0.1, -0.05) is 30.3 Å². The third kappa shape index (κ3) is 5.67. The van der Waals surface area contributed by atoms with Gasteiger partial charge in [0.25, 0.3) is 5.56 Å². The standard InChI is InChI=1S/C18H24N4O.HI/c1-3-21(4-2)18(19)20-13-15-8-10-16(11-9-15)14-22-12-6-5-7-17(22)23;/h5-12H,3-4,13-14H2,1-2H3,(H2,19,20);1H. The molecule has 5 nitrogen and oxygen atoms in total. The van der Waals surface area contributed by atoms with Crippen molar-refractivity contribution in [3.8, 4) is 0 Å². The van der Waals surface area contributed by atoms with Gasteiger partial charge >= 0.3 is 0 Å². The fourth-order valence-electron chi connectivity index (χ4n) is 2.36. The minimum Gasteiger partial charge on any atom is -0.370 e. The Hall–Kier alpha value is -1.83. The minimum atomic E-state index is 0. The second-order valence-corrected chi connectivity index (χ2v) is 5.33. The van der Waals surface area contributed by atoms with Gasteiger partial charge < -0.3 is 15.2 Å². The van der Waals surface area contributed by atoms with E-state index in [4.69, 9.17) is 5.73 Å². The van der Waals surface area contributed by atoms with Crippen LogP contribution in [0.15, 0.2) is 58.4 Å². The zero-order valence-corrected chi connectivity index (χ0v) is 16.5. The quantitative estimate of drug-likeness (QED) is 0.427. The van der Waals surface area contributed by atoms with Gasteiger partial charge in [0.15, 0.2) is 5.96 Å². The van der Waals surface area contributed by atoms with E-state index in [9.17, 15) is 4.79 Å². The van der Waals surface area contributed by atoms with E-state index in [0.29, 0.717) is 19.0 Å². The maximum absolute atomic E-state index is 11.7. The molecule has 0 fully saturated rings. The molecule has 0 saturated carbocycles. The normalized spacial score (nSPS) is 11.0. The van der Waals surface area contributed by atoms with Crippen molar-refractivity contribution in [2.75, 3.05) is 13.1 Å². The lowest BCUT2D eigenvalue weighted by molar-refractivity contribution is 0.458. The van der Waals surface area contributed by atoms with Crippen molar-refractivity contribution >= 4 is 29.9 Å². The second kappa shape index (κ2) is 10.1. The summed E-state index contributed by atoms with van der Waals surface area (Å²) in [4.78, 5) is 18.2. The van der Waals surface area contributed by atoms with Crippen LogP contribution in [0.2, 0.25) is 0 Å². The molecule has 0 aliphatic carbocycles. The van der Waals surface area contributed by atoms with Gasteiger partial charge in [0, 0.05) is 25.4 Å². The van der Waals surface area contributed by atoms with Crippen LogP contribution in [0.1, 0.15) is 25.0 Å². The fourth-order valence-corrected chi connectivity index (χ4v) is 2.36. The third-order valence-electron chi connectivity index (χ3n) is 3.79. The molecule has 24 heavy (non-hydrogen) atoms. The summed E-state index contributed by atoms with van der Waals surface area (Å²) in [5, 5.41) is 0. The Bertz CT molecular complexity index is 705. The molecule has 2 aromatic rings. The first kappa shape index (κ1) is 20.2. The number of hydrogen-bond acceptors (Lipinski definition) is 2. The maximum Gasteiger partial charge on any atom is 0.250 e. The van der Waals surface area contributed by atoms with Crippen LogP contribution < -0.4 is 11.3 Å². The van der Waals surface area contributed by atoms with Crippen molar-refractivity contribution in [3.05, 3.63) is 70.1 Å². The first-order chi connectivity index (χ1) is 11.1. The molecule has 2 rings (SSSR count). The number of halogens is 1. The summed E-state index contributed by atoms with van der Waals surface area (Å²) in [6.07, 6.45) is 1.80. The minimum absolute atomic E-state index is 0. The molecule has 130 valence electrons. The Morgan fingerprint density at radius 1 is 1.08 bits per heavy atom. The van der Waals surface area contributed by atoms with Crippen LogP contribution in [0.3, 0.4) is 0 Å². The summed E-state index contributed by atoms with van der Waals surface area (Å²) in [6, 6.07) is 13.3. The number of benzene rings is 1. The average Bonchev–Trinajstić information content (AvgIpc) is 2.57. The highest BCUT2D eigenvalue weighted by molar-refractivity contribution is 14.0. The largest absolute Gasteiger partial charge is 0.370 e. The molecule has 0 unspecified atom stereocenters. The smallest absolute Gasteiger partial charge is 0.250 e. The van der Waals surface area contributed by atoms with Gasteiger partial charge in [-0.05, 0) is 31.0 Å². The van der Waals surface area contributed by atoms with Crippen LogP contribution in [0, 0.1) is 0 Å². The van der Waals surface area contributed by atoms with E-state index >= 15 is 0 Å². The lowest BCUT2D eigenvalue weighted by atomic mass is 10.1. The van der Waals surface area contributed by atoms with Crippen LogP contribution in [0.4, 0.5) is 0 Å². The van der Waals surface area contributed by atoms with Crippen LogP contribution in [0.25, 0.3) is 0 Å². The Morgan fingerprint density at radius 3 is 2.29 bits per heavy atom. The van der Waals surface area contributed by atoms with Gasteiger partial charge in [-0.15, -0.1) is 24.0 Å². The van der Waals surface area contributed by atoms with Gasteiger partial charge in [-0.2, -0.15) is 0 Å². The Labute approximate surface area is 160 Å². The molecule has 6 heteroatoms. The summed E-state index contributed by atoms with van der Waals surface area (Å²) in [5.74, 6) is 0.579. The predicted octanol–water partition coefficient (Wildman–Crippen LogP) is 2.67. The molecule has 0 aliphatic heterocycles. The van der Waals surface area contributed by atoms with E-state index in [1.54, 1.807) is 22.9 Å². The number of rotatable bonds is 6. The molecule has 1 aromatic carbocycles. The van der Waals surface area contributed by atoms with E-state index < -0.39 is 0 Å². The van der Waals surface area contributed by atoms with Crippen molar-refractivity contribution in [3.63, 3.8) is 0 Å². The Kier molecular flexibility index (Phi) is 8.53. The number of nitrogens with two attached hydrogens (primary N) is 1. The molecule has 0 bridgehead atoms. The lowest BCUT2D eigenvalue weighted by Crippen LogP contribution is -2.37. The van der Waals surface area contributed by atoms with Crippen LogP contribution in [-0.2, 0) is 13.1 Å². The van der Waals surface area contributed by atoms with E-state index in [2.05, 4.69) is 18.8 Å². The molecule has 0 radical (unpaired) electrons. The van der Waals surface area contributed by atoms with E-state index in [1.807, 2.05) is 35.2 Å². The van der Waals surface area contributed by atoms with Crippen LogP contribution in [-0.4, -0.2) is 28.5 Å². The van der Waals surface area contributed by atoms with Crippen LogP contribution in [0.5, 0.6) is 0 Å². The lowest BCUT2D eigenvalue weighted by Gasteiger charge is -2.19. The first-order valence-electron chi connectivity index (χ1n) is 7.92. The highest BCUT2D eigenvalue weighted by atomic mass is 127. The topological polar surface area (TPSA) is 63.6 Å². The highest BCUT2D eigenvalue weighted by Crippen LogP contribution is 2.07. The van der Waals surface area contributed by atoms with Gasteiger partial charge in [0.05, 0.1) is 13.1 Å². The molecule has 0 atom stereocenters. The monoisotopic (exact) mass is 440 g/mol. The number of nitrogens with zero attached hydrogens (tertiary/aromatic N) is 3. The summed E-state index contributed by atoms with van der Waals surface area (Å²) in [7, 11) is 0. The van der Waals surface area contributed by atoms with Gasteiger partial charge in [0.1, 0.15) is 0 Å². The fraction of sp³-hybridized carbons (Fsp3) is 0.333. The molecule has 1 heterocycles. The first-order valence-corrected chi connectivity index (χ1v) is 7.92. The Balaban J connectivity index is 0.00000288. The number of aliphatic imine (C=N–C) groups is 1. The number of hydrogen-bond donors (Lipinski definition) is 1. The number of guanidine groups is 1. The summed E-state index contributed by atoms with van der Waals surface area (Å²) >= 11 is 0. The van der Waals surface area contributed by atoms with Crippen LogP contribution >= 0.6 is 24.0 Å². The van der Waals surface area contributed by atoms with E-state index in [0.717, 1.165) is 24.2 Å². The van der Waals surface area contributed by atoms with Crippen molar-refractivity contribution in [1.29, 1.82) is 0 Å². The predicted molar refractivity (Wildman–Crippen MR) is 110 cm³/mol. The van der Waals surface area contributed by atoms with Gasteiger partial charge in [-0.25, -0.2) is 4.99 Å². The molecule has 1 aromatic heterocycles. The zero-order chi connectivity index (χ0) is 16.7. The molecule has 0 spiro atoms. The van der Waals surface area contributed by atoms with Gasteiger partial charge in [0.2, 0.25) is 0 Å². The zero-order valence-electron chi connectivity index (χ0n) is 14.2. The third-order valence-corrected chi connectivity index (χ3v) is 3.79. The molecular weight excluding hydrogens is 415 g/mol. The van der Waals surface area contributed by atoms with Gasteiger partial charge in [-0.3, -0.25) is 4.79 Å². The SMILES string of the molecule is CCN(CC)C(N)=NCc1ccc(Cn2ccccc2=O)cc1.I. The van der Waals surface area contributed by atoms with Crippen molar-refractivity contribution in [2.45, 2.75) is 26.9 Å². The average molecular weight is 440 g/mol.